The maximum Gasteiger partial charge on any atom is 0.229 e. The highest BCUT2D eigenvalue weighted by molar-refractivity contribution is 5.11. The molecular weight excluding hydrogens is 256 g/mol. The van der Waals surface area contributed by atoms with Crippen LogP contribution in [0.1, 0.15) is 37.0 Å². The van der Waals surface area contributed by atoms with Crippen LogP contribution in [0.3, 0.4) is 0 Å². The molecule has 0 aromatic carbocycles. The van der Waals surface area contributed by atoms with E-state index >= 15 is 0 Å². The number of hydrogen-bond acceptors (Lipinski definition) is 5. The molecule has 2 heterocycles. The third kappa shape index (κ3) is 4.18. The minimum Gasteiger partial charge on any atom is -0.383 e. The van der Waals surface area contributed by atoms with E-state index in [0.29, 0.717) is 18.3 Å². The summed E-state index contributed by atoms with van der Waals surface area (Å²) in [5, 5.41) is 7.30. The molecule has 2 aromatic rings. The summed E-state index contributed by atoms with van der Waals surface area (Å²) < 4.78 is 12.2. The number of ether oxygens (including phenoxy) is 1. The van der Waals surface area contributed by atoms with Gasteiger partial charge >= 0.3 is 0 Å². The lowest BCUT2D eigenvalue weighted by Gasteiger charge is -2.01. The number of rotatable bonds is 8. The van der Waals surface area contributed by atoms with Crippen LogP contribution in [0.15, 0.2) is 23.0 Å². The van der Waals surface area contributed by atoms with Gasteiger partial charge in [-0.05, 0) is 11.6 Å². The average molecular weight is 278 g/mol. The minimum atomic E-state index is 0.265. The van der Waals surface area contributed by atoms with Crippen LogP contribution in [0.4, 0.5) is 0 Å². The Morgan fingerprint density at radius 1 is 1.45 bits per heavy atom. The fourth-order valence-electron chi connectivity index (χ4n) is 1.83. The van der Waals surface area contributed by atoms with E-state index in [4.69, 9.17) is 9.26 Å². The molecule has 0 saturated heterocycles. The van der Waals surface area contributed by atoms with Gasteiger partial charge in [0.25, 0.3) is 0 Å². The fourth-order valence-corrected chi connectivity index (χ4v) is 1.83. The first-order valence-electron chi connectivity index (χ1n) is 6.86. The van der Waals surface area contributed by atoms with E-state index in [1.54, 1.807) is 7.11 Å². The Morgan fingerprint density at radius 3 is 3.00 bits per heavy atom. The quantitative estimate of drug-likeness (QED) is 0.746. The molecule has 0 amide bonds. The van der Waals surface area contributed by atoms with Crippen molar-refractivity contribution in [1.29, 1.82) is 0 Å². The first kappa shape index (κ1) is 14.7. The summed E-state index contributed by atoms with van der Waals surface area (Å²) in [6.45, 7) is 7.12. The Hall–Kier alpha value is -1.66. The third-order valence-corrected chi connectivity index (χ3v) is 2.93. The van der Waals surface area contributed by atoms with Crippen molar-refractivity contribution in [1.82, 2.24) is 20.0 Å². The van der Waals surface area contributed by atoms with Crippen LogP contribution in [0.25, 0.3) is 0 Å². The van der Waals surface area contributed by atoms with Crippen molar-refractivity contribution in [3.63, 3.8) is 0 Å². The second kappa shape index (κ2) is 7.21. The molecule has 6 nitrogen and oxygen atoms in total. The van der Waals surface area contributed by atoms with Gasteiger partial charge in [-0.2, -0.15) is 4.98 Å². The molecule has 0 radical (unpaired) electrons. The highest BCUT2D eigenvalue weighted by Crippen LogP contribution is 2.11. The maximum absolute atomic E-state index is 5.20. The smallest absolute Gasteiger partial charge is 0.229 e. The summed E-state index contributed by atoms with van der Waals surface area (Å²) in [4.78, 5) is 4.37. The molecule has 0 bridgehead atoms. The van der Waals surface area contributed by atoms with E-state index in [9.17, 15) is 0 Å². The fraction of sp³-hybridized carbons (Fsp3) is 0.571. The molecule has 0 aliphatic heterocycles. The lowest BCUT2D eigenvalue weighted by Crippen LogP contribution is -2.18. The summed E-state index contributed by atoms with van der Waals surface area (Å²) in [5.41, 5.74) is 1.23. The predicted molar refractivity (Wildman–Crippen MR) is 75.5 cm³/mol. The average Bonchev–Trinajstić information content (AvgIpc) is 3.05. The number of aromatic nitrogens is 3. The van der Waals surface area contributed by atoms with Crippen LogP contribution in [-0.2, 0) is 17.8 Å². The lowest BCUT2D eigenvalue weighted by atomic mass is 10.2. The number of nitrogens with zero attached hydrogens (tertiary/aromatic N) is 3. The minimum absolute atomic E-state index is 0.265. The van der Waals surface area contributed by atoms with Gasteiger partial charge in [0, 0.05) is 38.5 Å². The molecule has 2 rings (SSSR count). The van der Waals surface area contributed by atoms with E-state index in [1.807, 2.05) is 20.0 Å². The summed E-state index contributed by atoms with van der Waals surface area (Å²) in [6.07, 6.45) is 4.12. The van der Waals surface area contributed by atoms with Crippen molar-refractivity contribution in [2.75, 3.05) is 20.3 Å². The van der Waals surface area contributed by atoms with Crippen LogP contribution in [-0.4, -0.2) is 35.0 Å². The van der Waals surface area contributed by atoms with Gasteiger partial charge in [0.05, 0.1) is 13.2 Å². The van der Waals surface area contributed by atoms with Crippen molar-refractivity contribution in [3.8, 4) is 0 Å². The number of nitrogens with one attached hydrogen (secondary N) is 1. The van der Waals surface area contributed by atoms with Crippen LogP contribution < -0.4 is 5.32 Å². The molecule has 20 heavy (non-hydrogen) atoms. The standard InChI is InChI=1S/C14H22N4O2/c1-11(2)14-16-13(17-20-14)10-18-6-4-12(9-18)8-15-5-7-19-3/h4,6,9,11,15H,5,7-8,10H2,1-3H3. The molecule has 0 saturated carbocycles. The van der Waals surface area contributed by atoms with Crippen LogP contribution >= 0.6 is 0 Å². The second-order valence-electron chi connectivity index (χ2n) is 5.07. The summed E-state index contributed by atoms with van der Waals surface area (Å²) in [6, 6.07) is 2.09. The Morgan fingerprint density at radius 2 is 2.30 bits per heavy atom. The van der Waals surface area contributed by atoms with E-state index in [1.165, 1.54) is 5.56 Å². The van der Waals surface area contributed by atoms with Crippen LogP contribution in [0, 0.1) is 0 Å². The highest BCUT2D eigenvalue weighted by Gasteiger charge is 2.10. The summed E-state index contributed by atoms with van der Waals surface area (Å²) in [5.74, 6) is 1.67. The highest BCUT2D eigenvalue weighted by atomic mass is 16.5. The van der Waals surface area contributed by atoms with Crippen LogP contribution in [0.5, 0.6) is 0 Å². The van der Waals surface area contributed by atoms with Crippen molar-refractivity contribution >= 4 is 0 Å². The van der Waals surface area contributed by atoms with Gasteiger partial charge in [-0.1, -0.05) is 19.0 Å². The number of methoxy groups -OCH3 is 1. The van der Waals surface area contributed by atoms with E-state index in [2.05, 4.69) is 32.3 Å². The molecule has 0 aliphatic carbocycles. The predicted octanol–water partition coefficient (Wildman–Crippen LogP) is 1.78. The zero-order valence-corrected chi connectivity index (χ0v) is 12.3. The van der Waals surface area contributed by atoms with E-state index < -0.39 is 0 Å². The van der Waals surface area contributed by atoms with Gasteiger partial charge in [-0.3, -0.25) is 0 Å². The maximum atomic E-state index is 5.20. The molecule has 1 N–H and O–H groups in total. The summed E-state index contributed by atoms with van der Waals surface area (Å²) in [7, 11) is 1.70. The molecule has 110 valence electrons. The van der Waals surface area contributed by atoms with Gasteiger partial charge in [0.2, 0.25) is 5.89 Å². The SMILES string of the molecule is COCCNCc1ccn(Cc2noc(C(C)C)n2)c1. The Bertz CT molecular complexity index is 519. The first-order chi connectivity index (χ1) is 9.69. The van der Waals surface area contributed by atoms with Crippen molar-refractivity contribution < 1.29 is 9.26 Å². The largest absolute Gasteiger partial charge is 0.383 e. The first-order valence-corrected chi connectivity index (χ1v) is 6.86. The van der Waals surface area contributed by atoms with Gasteiger partial charge in [-0.25, -0.2) is 0 Å². The summed E-state index contributed by atoms with van der Waals surface area (Å²) >= 11 is 0. The molecule has 0 spiro atoms. The Labute approximate surface area is 119 Å². The van der Waals surface area contributed by atoms with Crippen LogP contribution in [0.2, 0.25) is 0 Å². The van der Waals surface area contributed by atoms with Gasteiger partial charge < -0.3 is 19.1 Å². The van der Waals surface area contributed by atoms with Gasteiger partial charge in [-0.15, -0.1) is 0 Å². The molecule has 0 unspecified atom stereocenters. The van der Waals surface area contributed by atoms with Crippen molar-refractivity contribution in [2.24, 2.45) is 0 Å². The molecule has 0 aliphatic rings. The molecule has 2 aromatic heterocycles. The molecular formula is C14H22N4O2. The molecule has 0 atom stereocenters. The third-order valence-electron chi connectivity index (χ3n) is 2.93. The Kier molecular flexibility index (Phi) is 5.31. The molecule has 6 heteroatoms. The topological polar surface area (TPSA) is 65.1 Å². The van der Waals surface area contributed by atoms with Crippen molar-refractivity contribution in [3.05, 3.63) is 35.7 Å². The Balaban J connectivity index is 1.85. The zero-order chi connectivity index (χ0) is 14.4. The lowest BCUT2D eigenvalue weighted by molar-refractivity contribution is 0.199. The normalized spacial score (nSPS) is 11.4. The zero-order valence-electron chi connectivity index (χ0n) is 12.3. The van der Waals surface area contributed by atoms with Gasteiger partial charge in [0.15, 0.2) is 5.82 Å². The van der Waals surface area contributed by atoms with E-state index in [-0.39, 0.29) is 5.92 Å². The van der Waals surface area contributed by atoms with E-state index in [0.717, 1.165) is 19.7 Å². The number of hydrogen-bond donors (Lipinski definition) is 1. The van der Waals surface area contributed by atoms with Gasteiger partial charge in [0.1, 0.15) is 0 Å². The molecule has 0 fully saturated rings. The van der Waals surface area contributed by atoms with Crippen molar-refractivity contribution in [2.45, 2.75) is 32.9 Å². The second-order valence-corrected chi connectivity index (χ2v) is 5.07. The monoisotopic (exact) mass is 278 g/mol.